The minimum Gasteiger partial charge on any atom is -0.307 e. The summed E-state index contributed by atoms with van der Waals surface area (Å²) in [5, 5.41) is 0. The molecule has 0 spiro atoms. The largest absolute Gasteiger partial charge is 0.317 e. The SMILES string of the molecule is C=O.O=S(O)OS(=O)O. The van der Waals surface area contributed by atoms with Crippen LogP contribution in [0.4, 0.5) is 0 Å². The van der Waals surface area contributed by atoms with E-state index in [4.69, 9.17) is 13.9 Å². The lowest BCUT2D eigenvalue weighted by atomic mass is 11.9. The van der Waals surface area contributed by atoms with Gasteiger partial charge in [0.1, 0.15) is 6.79 Å². The summed E-state index contributed by atoms with van der Waals surface area (Å²) in [5.74, 6) is 0. The van der Waals surface area contributed by atoms with Crippen molar-refractivity contribution in [2.75, 3.05) is 0 Å². The first kappa shape index (κ1) is 11.6. The Morgan fingerprint density at radius 3 is 1.33 bits per heavy atom. The van der Waals surface area contributed by atoms with E-state index in [1.807, 2.05) is 6.79 Å². The van der Waals surface area contributed by atoms with Crippen molar-refractivity contribution in [1.82, 2.24) is 0 Å². The van der Waals surface area contributed by atoms with E-state index in [9.17, 15) is 8.42 Å². The van der Waals surface area contributed by atoms with Gasteiger partial charge in [-0.1, -0.05) is 0 Å². The van der Waals surface area contributed by atoms with Gasteiger partial charge >= 0.3 is 22.7 Å². The molecule has 2 N–H and O–H groups in total. The zero-order valence-corrected chi connectivity index (χ0v) is 5.68. The number of hydrogen-bond acceptors (Lipinski definition) is 4. The van der Waals surface area contributed by atoms with Gasteiger partial charge in [0.05, 0.1) is 0 Å². The molecule has 0 aromatic rings. The van der Waals surface area contributed by atoms with Crippen LogP contribution in [0.3, 0.4) is 0 Å². The number of carbonyl (C=O) groups is 1. The van der Waals surface area contributed by atoms with Crippen molar-refractivity contribution >= 4 is 29.5 Å². The number of rotatable bonds is 2. The zero-order valence-electron chi connectivity index (χ0n) is 4.05. The zero-order chi connectivity index (χ0) is 7.86. The van der Waals surface area contributed by atoms with Crippen LogP contribution in [0, 0.1) is 0 Å². The minimum atomic E-state index is -2.65. The maximum atomic E-state index is 9.35. The molecule has 8 heteroatoms. The van der Waals surface area contributed by atoms with Gasteiger partial charge in [0, 0.05) is 0 Å². The fourth-order valence-corrected chi connectivity index (χ4v) is 0.448. The van der Waals surface area contributed by atoms with Gasteiger partial charge in [-0.05, 0) is 0 Å². The fourth-order valence-electron chi connectivity index (χ4n) is 0.0498. The second-order valence-electron chi connectivity index (χ2n) is 0.502. The molecule has 0 heterocycles. The number of hydrogen-bond donors (Lipinski definition) is 2. The van der Waals surface area contributed by atoms with Crippen LogP contribution >= 0.6 is 0 Å². The summed E-state index contributed by atoms with van der Waals surface area (Å²) in [7, 11) is 0. The molecule has 0 aliphatic carbocycles. The van der Waals surface area contributed by atoms with Crippen LogP contribution in [0.25, 0.3) is 0 Å². The van der Waals surface area contributed by atoms with E-state index < -0.39 is 22.7 Å². The second kappa shape index (κ2) is 7.85. The van der Waals surface area contributed by atoms with Gasteiger partial charge in [-0.2, -0.15) is 8.42 Å². The van der Waals surface area contributed by atoms with Gasteiger partial charge in [0.25, 0.3) is 0 Å². The summed E-state index contributed by atoms with van der Waals surface area (Å²) >= 11 is -5.29. The summed E-state index contributed by atoms with van der Waals surface area (Å²) in [6.07, 6.45) is 0. The lowest BCUT2D eigenvalue weighted by molar-refractivity contribution is -0.0979. The molecule has 0 fully saturated rings. The van der Waals surface area contributed by atoms with E-state index in [2.05, 4.69) is 3.63 Å². The highest BCUT2D eigenvalue weighted by molar-refractivity contribution is 7.87. The van der Waals surface area contributed by atoms with Gasteiger partial charge in [-0.25, -0.2) is 0 Å². The average Bonchev–Trinajstić information content (AvgIpc) is 1.68. The van der Waals surface area contributed by atoms with Crippen LogP contribution in [0.2, 0.25) is 0 Å². The molecule has 0 unspecified atom stereocenters. The summed E-state index contributed by atoms with van der Waals surface area (Å²) < 4.78 is 37.2. The molecule has 0 aromatic carbocycles. The predicted molar refractivity (Wildman–Crippen MR) is 29.7 cm³/mol. The molecular formula is CH4O6S2. The van der Waals surface area contributed by atoms with Crippen LogP contribution in [-0.4, -0.2) is 24.3 Å². The second-order valence-corrected chi connectivity index (χ2v) is 1.92. The predicted octanol–water partition coefficient (Wildman–Crippen LogP) is -0.908. The highest BCUT2D eigenvalue weighted by Gasteiger charge is 1.95. The maximum Gasteiger partial charge on any atom is 0.317 e. The smallest absolute Gasteiger partial charge is 0.307 e. The first-order valence-corrected chi connectivity index (χ1v) is 3.38. The van der Waals surface area contributed by atoms with Gasteiger partial charge in [-0.15, -0.1) is 3.63 Å². The van der Waals surface area contributed by atoms with E-state index >= 15 is 0 Å². The van der Waals surface area contributed by atoms with Crippen molar-refractivity contribution < 1.29 is 25.9 Å². The topological polar surface area (TPSA) is 101 Å². The molecule has 0 aliphatic rings. The minimum absolute atomic E-state index is 2.00. The van der Waals surface area contributed by atoms with Gasteiger partial charge < -0.3 is 4.79 Å². The molecule has 0 atom stereocenters. The molecule has 0 aromatic heterocycles. The lowest BCUT2D eigenvalue weighted by Crippen LogP contribution is -1.96. The molecule has 9 heavy (non-hydrogen) atoms. The Kier molecular flexibility index (Phi) is 10.1. The Morgan fingerprint density at radius 1 is 1.11 bits per heavy atom. The molecule has 0 saturated carbocycles. The van der Waals surface area contributed by atoms with E-state index in [0.29, 0.717) is 0 Å². The normalized spacial score (nSPS) is 14.9. The van der Waals surface area contributed by atoms with E-state index in [0.717, 1.165) is 0 Å². The van der Waals surface area contributed by atoms with Crippen molar-refractivity contribution in [1.29, 1.82) is 0 Å². The highest BCUT2D eigenvalue weighted by atomic mass is 32.3. The summed E-state index contributed by atoms with van der Waals surface area (Å²) in [5.41, 5.74) is 0. The van der Waals surface area contributed by atoms with Gasteiger partial charge in [0.2, 0.25) is 0 Å². The van der Waals surface area contributed by atoms with E-state index in [-0.39, 0.29) is 0 Å². The molecule has 6 nitrogen and oxygen atoms in total. The molecular weight excluding hydrogens is 172 g/mol. The highest BCUT2D eigenvalue weighted by Crippen LogP contribution is 1.79. The van der Waals surface area contributed by atoms with Crippen LogP contribution < -0.4 is 0 Å². The van der Waals surface area contributed by atoms with Crippen LogP contribution in [0.15, 0.2) is 0 Å². The van der Waals surface area contributed by atoms with Crippen molar-refractivity contribution in [2.45, 2.75) is 0 Å². The van der Waals surface area contributed by atoms with Gasteiger partial charge in [0.15, 0.2) is 0 Å². The molecule has 0 rings (SSSR count). The third-order valence-electron chi connectivity index (χ3n) is 0.116. The molecule has 56 valence electrons. The molecule has 0 aliphatic heterocycles. The number of carbonyl (C=O) groups excluding carboxylic acids is 1. The summed E-state index contributed by atoms with van der Waals surface area (Å²) in [6.45, 7) is 2.00. The van der Waals surface area contributed by atoms with Crippen molar-refractivity contribution in [3.05, 3.63) is 0 Å². The maximum absolute atomic E-state index is 9.35. The van der Waals surface area contributed by atoms with Crippen LogP contribution in [0.1, 0.15) is 0 Å². The fraction of sp³-hybridized carbons (Fsp3) is 0. The third kappa shape index (κ3) is 18.1. The summed E-state index contributed by atoms with van der Waals surface area (Å²) in [6, 6.07) is 0. The first-order chi connectivity index (χ1) is 4.13. The van der Waals surface area contributed by atoms with Crippen LogP contribution in [-0.2, 0) is 31.1 Å². The van der Waals surface area contributed by atoms with E-state index in [1.54, 1.807) is 0 Å². The van der Waals surface area contributed by atoms with Crippen LogP contribution in [0.5, 0.6) is 0 Å². The van der Waals surface area contributed by atoms with Gasteiger partial charge in [-0.3, -0.25) is 9.11 Å². The first-order valence-electron chi connectivity index (χ1n) is 1.32. The monoisotopic (exact) mass is 176 g/mol. The quantitative estimate of drug-likeness (QED) is 0.528. The standard InChI is InChI=1S/CH2O.H2O5S2/c1-2;1-6(2)5-7(3)4/h1H2;(H,1,2)(H,3,4). The molecule has 0 radical (unpaired) electrons. The van der Waals surface area contributed by atoms with E-state index in [1.165, 1.54) is 0 Å². The Balaban J connectivity index is 0. The van der Waals surface area contributed by atoms with Crippen molar-refractivity contribution in [3.63, 3.8) is 0 Å². The van der Waals surface area contributed by atoms with Crippen molar-refractivity contribution in [3.8, 4) is 0 Å². The Bertz CT molecular complexity index is 97.6. The Labute approximate surface area is 56.2 Å². The molecule has 0 amide bonds. The Hall–Kier alpha value is -0.150. The molecule has 0 saturated heterocycles. The lowest BCUT2D eigenvalue weighted by Gasteiger charge is -1.82. The molecule has 0 bridgehead atoms. The summed E-state index contributed by atoms with van der Waals surface area (Å²) in [4.78, 5) is 8.00. The third-order valence-corrected chi connectivity index (χ3v) is 1.05. The Morgan fingerprint density at radius 2 is 1.33 bits per heavy atom. The van der Waals surface area contributed by atoms with Crippen molar-refractivity contribution in [2.24, 2.45) is 0 Å². The average molecular weight is 176 g/mol.